The zero-order valence-electron chi connectivity index (χ0n) is 19.0. The average molecular weight is 463 g/mol. The van der Waals surface area contributed by atoms with E-state index in [0.29, 0.717) is 18.1 Å². The van der Waals surface area contributed by atoms with E-state index in [1.807, 2.05) is 79.3 Å². The number of hydrogen-bond donors (Lipinski definition) is 1. The average Bonchev–Trinajstić information content (AvgIpc) is 2.85. The fourth-order valence-electron chi connectivity index (χ4n) is 3.74. The normalized spacial score (nSPS) is 14.0. The summed E-state index contributed by atoms with van der Waals surface area (Å²) in [5.41, 5.74) is 4.22. The molecule has 1 fully saturated rings. The second-order valence-corrected chi connectivity index (χ2v) is 9.32. The summed E-state index contributed by atoms with van der Waals surface area (Å²) in [6.07, 6.45) is 0. The van der Waals surface area contributed by atoms with Crippen LogP contribution in [-0.2, 0) is 17.9 Å². The standard InChI is InChI=1S/C27H30N2O3S/c1-21-17-23(18-29-13-15-33-16-14-29)11-12-24(21)28-27(30)20-32-26-10-6-5-9-25(26)31-19-22-7-3-2-4-8-22/h2-12,17H,13-16,18-20H2,1H3,(H,28,30). The van der Waals surface area contributed by atoms with Gasteiger partial charge in [0.1, 0.15) is 6.61 Å². The first-order valence-electron chi connectivity index (χ1n) is 11.3. The highest BCUT2D eigenvalue weighted by molar-refractivity contribution is 7.99. The summed E-state index contributed by atoms with van der Waals surface area (Å²) >= 11 is 2.02. The molecule has 1 saturated heterocycles. The van der Waals surface area contributed by atoms with Crippen molar-refractivity contribution in [2.75, 3.05) is 36.5 Å². The van der Waals surface area contributed by atoms with Gasteiger partial charge in [-0.1, -0.05) is 54.6 Å². The SMILES string of the molecule is Cc1cc(CN2CCSCC2)ccc1NC(=O)COc1ccccc1OCc1ccccc1. The molecule has 0 bridgehead atoms. The molecule has 3 aromatic rings. The number of carbonyl (C=O) groups is 1. The molecule has 0 radical (unpaired) electrons. The van der Waals surface area contributed by atoms with Gasteiger partial charge in [-0.2, -0.15) is 11.8 Å². The summed E-state index contributed by atoms with van der Waals surface area (Å²) in [7, 11) is 0. The van der Waals surface area contributed by atoms with Gasteiger partial charge in [0, 0.05) is 36.8 Å². The topological polar surface area (TPSA) is 50.8 Å². The molecule has 0 aliphatic carbocycles. The van der Waals surface area contributed by atoms with Gasteiger partial charge in [0.25, 0.3) is 5.91 Å². The number of carbonyl (C=O) groups excluding carboxylic acids is 1. The first-order valence-corrected chi connectivity index (χ1v) is 12.4. The van der Waals surface area contributed by atoms with E-state index in [0.717, 1.165) is 36.4 Å². The van der Waals surface area contributed by atoms with Gasteiger partial charge < -0.3 is 14.8 Å². The van der Waals surface area contributed by atoms with Crippen LogP contribution in [0.25, 0.3) is 0 Å². The van der Waals surface area contributed by atoms with Crippen LogP contribution in [0.1, 0.15) is 16.7 Å². The summed E-state index contributed by atoms with van der Waals surface area (Å²) in [6.45, 7) is 5.61. The molecule has 0 aromatic heterocycles. The third-order valence-electron chi connectivity index (χ3n) is 5.52. The lowest BCUT2D eigenvalue weighted by Gasteiger charge is -2.26. The second kappa shape index (κ2) is 11.8. The molecule has 33 heavy (non-hydrogen) atoms. The molecule has 1 N–H and O–H groups in total. The zero-order valence-corrected chi connectivity index (χ0v) is 19.8. The smallest absolute Gasteiger partial charge is 0.262 e. The van der Waals surface area contributed by atoms with Crippen LogP contribution in [0.5, 0.6) is 11.5 Å². The predicted octanol–water partition coefficient (Wildman–Crippen LogP) is 5.14. The number of amides is 1. The Morgan fingerprint density at radius 2 is 1.61 bits per heavy atom. The van der Waals surface area contributed by atoms with Crippen molar-refractivity contribution in [3.05, 3.63) is 89.5 Å². The third kappa shape index (κ3) is 7.01. The van der Waals surface area contributed by atoms with E-state index in [9.17, 15) is 4.79 Å². The molecular formula is C27H30N2O3S. The van der Waals surface area contributed by atoms with Crippen molar-refractivity contribution in [2.45, 2.75) is 20.1 Å². The maximum absolute atomic E-state index is 12.5. The number of aryl methyl sites for hydroxylation is 1. The fraction of sp³-hybridized carbons (Fsp3) is 0.296. The Hall–Kier alpha value is -2.96. The Kier molecular flexibility index (Phi) is 8.28. The second-order valence-electron chi connectivity index (χ2n) is 8.10. The predicted molar refractivity (Wildman–Crippen MR) is 135 cm³/mol. The van der Waals surface area contributed by atoms with Crippen molar-refractivity contribution in [3.8, 4) is 11.5 Å². The van der Waals surface area contributed by atoms with Crippen molar-refractivity contribution in [1.29, 1.82) is 0 Å². The summed E-state index contributed by atoms with van der Waals surface area (Å²) < 4.78 is 11.7. The maximum Gasteiger partial charge on any atom is 0.262 e. The molecule has 4 rings (SSSR count). The van der Waals surface area contributed by atoms with Crippen LogP contribution in [-0.4, -0.2) is 42.0 Å². The van der Waals surface area contributed by atoms with E-state index < -0.39 is 0 Å². The number of ether oxygens (including phenoxy) is 2. The lowest BCUT2D eigenvalue weighted by atomic mass is 10.1. The number of hydrogen-bond acceptors (Lipinski definition) is 5. The lowest BCUT2D eigenvalue weighted by molar-refractivity contribution is -0.118. The summed E-state index contributed by atoms with van der Waals surface area (Å²) in [4.78, 5) is 15.0. The van der Waals surface area contributed by atoms with Gasteiger partial charge in [-0.05, 0) is 41.8 Å². The van der Waals surface area contributed by atoms with Crippen LogP contribution in [0, 0.1) is 6.92 Å². The Balaban J connectivity index is 1.29. The molecule has 0 atom stereocenters. The van der Waals surface area contributed by atoms with E-state index in [1.54, 1.807) is 0 Å². The summed E-state index contributed by atoms with van der Waals surface area (Å²) in [5.74, 6) is 3.37. The monoisotopic (exact) mass is 462 g/mol. The molecular weight excluding hydrogens is 432 g/mol. The molecule has 1 amide bonds. The highest BCUT2D eigenvalue weighted by Crippen LogP contribution is 2.27. The first kappa shape index (κ1) is 23.2. The quantitative estimate of drug-likeness (QED) is 0.477. The molecule has 6 heteroatoms. The van der Waals surface area contributed by atoms with Crippen molar-refractivity contribution >= 4 is 23.4 Å². The minimum atomic E-state index is -0.197. The van der Waals surface area contributed by atoms with E-state index in [-0.39, 0.29) is 12.5 Å². The summed E-state index contributed by atoms with van der Waals surface area (Å²) in [5, 5.41) is 2.97. The van der Waals surface area contributed by atoms with E-state index in [2.05, 4.69) is 22.3 Å². The van der Waals surface area contributed by atoms with Gasteiger partial charge in [-0.15, -0.1) is 0 Å². The van der Waals surface area contributed by atoms with Crippen LogP contribution in [0.15, 0.2) is 72.8 Å². The van der Waals surface area contributed by atoms with Crippen LogP contribution < -0.4 is 14.8 Å². The Morgan fingerprint density at radius 3 is 2.33 bits per heavy atom. The Labute approximate surface area is 200 Å². The van der Waals surface area contributed by atoms with Crippen molar-refractivity contribution < 1.29 is 14.3 Å². The molecule has 5 nitrogen and oxygen atoms in total. The Morgan fingerprint density at radius 1 is 0.909 bits per heavy atom. The lowest BCUT2D eigenvalue weighted by Crippen LogP contribution is -2.32. The molecule has 3 aromatic carbocycles. The van der Waals surface area contributed by atoms with Crippen LogP contribution in [0.4, 0.5) is 5.69 Å². The van der Waals surface area contributed by atoms with Crippen molar-refractivity contribution in [2.24, 2.45) is 0 Å². The molecule has 172 valence electrons. The van der Waals surface area contributed by atoms with Gasteiger partial charge in [-0.3, -0.25) is 9.69 Å². The molecule has 1 aliphatic heterocycles. The van der Waals surface area contributed by atoms with Crippen LogP contribution in [0.3, 0.4) is 0 Å². The van der Waals surface area contributed by atoms with Gasteiger partial charge in [-0.25, -0.2) is 0 Å². The number of benzene rings is 3. The minimum Gasteiger partial charge on any atom is -0.485 e. The van der Waals surface area contributed by atoms with Crippen LogP contribution in [0.2, 0.25) is 0 Å². The first-order chi connectivity index (χ1) is 16.2. The van der Waals surface area contributed by atoms with E-state index in [1.165, 1.54) is 17.1 Å². The van der Waals surface area contributed by atoms with Gasteiger partial charge in [0.15, 0.2) is 18.1 Å². The number of nitrogens with zero attached hydrogens (tertiary/aromatic N) is 1. The number of para-hydroxylation sites is 2. The third-order valence-corrected chi connectivity index (χ3v) is 6.46. The molecule has 0 saturated carbocycles. The number of anilines is 1. The number of nitrogens with one attached hydrogen (secondary N) is 1. The van der Waals surface area contributed by atoms with Gasteiger partial charge >= 0.3 is 0 Å². The number of thioether (sulfide) groups is 1. The summed E-state index contributed by atoms with van der Waals surface area (Å²) in [6, 6.07) is 23.6. The number of rotatable bonds is 9. The van der Waals surface area contributed by atoms with Crippen LogP contribution >= 0.6 is 11.8 Å². The largest absolute Gasteiger partial charge is 0.485 e. The molecule has 0 spiro atoms. The van der Waals surface area contributed by atoms with Gasteiger partial charge in [0.05, 0.1) is 0 Å². The molecule has 0 unspecified atom stereocenters. The van der Waals surface area contributed by atoms with E-state index in [4.69, 9.17) is 9.47 Å². The highest BCUT2D eigenvalue weighted by Gasteiger charge is 2.13. The van der Waals surface area contributed by atoms with Crippen molar-refractivity contribution in [1.82, 2.24) is 4.90 Å². The fourth-order valence-corrected chi connectivity index (χ4v) is 4.71. The van der Waals surface area contributed by atoms with Crippen molar-refractivity contribution in [3.63, 3.8) is 0 Å². The Bertz CT molecular complexity index is 1050. The minimum absolute atomic E-state index is 0.0850. The highest BCUT2D eigenvalue weighted by atomic mass is 32.2. The maximum atomic E-state index is 12.5. The van der Waals surface area contributed by atoms with Gasteiger partial charge in [0.2, 0.25) is 0 Å². The molecule has 1 aliphatic rings. The zero-order chi connectivity index (χ0) is 22.9. The molecule has 1 heterocycles. The van der Waals surface area contributed by atoms with E-state index >= 15 is 0 Å².